The van der Waals surface area contributed by atoms with E-state index in [0.29, 0.717) is 11.0 Å². The first-order valence-electron chi connectivity index (χ1n) is 5.46. The molecule has 17 heavy (non-hydrogen) atoms. The molecule has 0 radical (unpaired) electrons. The molecule has 98 valence electrons. The van der Waals surface area contributed by atoms with Crippen molar-refractivity contribution in [2.75, 3.05) is 27.7 Å². The van der Waals surface area contributed by atoms with Crippen LogP contribution in [-0.4, -0.2) is 50.2 Å². The molecule has 5 nitrogen and oxygen atoms in total. The minimum absolute atomic E-state index is 0.280. The summed E-state index contributed by atoms with van der Waals surface area (Å²) in [7, 11) is 5.70. The number of carboxylic acid groups (broad SMARTS) is 1. The Hall–Kier alpha value is -1.36. The second kappa shape index (κ2) is 6.39. The molecule has 0 spiro atoms. The first kappa shape index (κ1) is 15.6. The van der Waals surface area contributed by atoms with Crippen molar-refractivity contribution in [1.29, 1.82) is 0 Å². The van der Waals surface area contributed by atoms with Gasteiger partial charge in [0, 0.05) is 18.5 Å². The monoisotopic (exact) mass is 243 g/mol. The summed E-state index contributed by atoms with van der Waals surface area (Å²) in [5, 5.41) is 10.6. The Morgan fingerprint density at radius 3 is 2.18 bits per heavy atom. The number of quaternary nitrogens is 1. The van der Waals surface area contributed by atoms with Crippen LogP contribution in [0.2, 0.25) is 0 Å². The highest BCUT2D eigenvalue weighted by molar-refractivity contribution is 5.83. The first-order chi connectivity index (χ1) is 7.60. The number of esters is 1. The highest BCUT2D eigenvalue weighted by atomic mass is 16.5. The fourth-order valence-electron chi connectivity index (χ4n) is 1.37. The minimum atomic E-state index is -1.21. The second-order valence-corrected chi connectivity index (χ2v) is 5.33. The Morgan fingerprint density at radius 2 is 1.82 bits per heavy atom. The number of hydrogen-bond acceptors (Lipinski definition) is 4. The van der Waals surface area contributed by atoms with Crippen molar-refractivity contribution >= 4 is 11.9 Å². The summed E-state index contributed by atoms with van der Waals surface area (Å²) in [5.74, 6) is -1.72. The zero-order valence-electron chi connectivity index (χ0n) is 11.1. The van der Waals surface area contributed by atoms with E-state index in [4.69, 9.17) is 4.74 Å². The molecule has 0 aliphatic rings. The average molecular weight is 243 g/mol. The van der Waals surface area contributed by atoms with Gasteiger partial charge in [-0.25, -0.2) is 4.79 Å². The maximum absolute atomic E-state index is 11.4. The predicted molar refractivity (Wildman–Crippen MR) is 61.8 cm³/mol. The van der Waals surface area contributed by atoms with Gasteiger partial charge in [-0.3, -0.25) is 0 Å². The Labute approximate surface area is 102 Å². The number of aliphatic carboxylic acids is 1. The normalized spacial score (nSPS) is 12.8. The first-order valence-corrected chi connectivity index (χ1v) is 5.46. The molecule has 0 aliphatic heterocycles. The number of ether oxygens (including phenoxy) is 1. The van der Waals surface area contributed by atoms with Crippen LogP contribution in [0.1, 0.15) is 20.3 Å². The van der Waals surface area contributed by atoms with E-state index in [2.05, 4.69) is 0 Å². The van der Waals surface area contributed by atoms with E-state index in [9.17, 15) is 14.7 Å². The molecule has 0 saturated carbocycles. The van der Waals surface area contributed by atoms with Crippen molar-refractivity contribution in [3.63, 3.8) is 0 Å². The van der Waals surface area contributed by atoms with Crippen molar-refractivity contribution in [2.24, 2.45) is 0 Å². The highest BCUT2D eigenvalue weighted by Gasteiger charge is 2.21. The van der Waals surface area contributed by atoms with Gasteiger partial charge < -0.3 is 19.1 Å². The predicted octanol–water partition coefficient (Wildman–Crippen LogP) is -0.289. The number of carboxylic acids is 1. The van der Waals surface area contributed by atoms with Crippen LogP contribution < -0.4 is 5.11 Å². The Kier molecular flexibility index (Phi) is 5.88. The molecule has 0 amide bonds. The Balaban J connectivity index is 4.54. The van der Waals surface area contributed by atoms with E-state index in [0.717, 1.165) is 5.57 Å². The zero-order valence-corrected chi connectivity index (χ0v) is 11.1. The lowest BCUT2D eigenvalue weighted by atomic mass is 10.2. The number of carbonyl (C=O) groups is 2. The van der Waals surface area contributed by atoms with Crippen LogP contribution in [0.25, 0.3) is 0 Å². The van der Waals surface area contributed by atoms with Crippen molar-refractivity contribution in [1.82, 2.24) is 0 Å². The lowest BCUT2D eigenvalue weighted by Crippen LogP contribution is -2.45. The number of allylic oxidation sites excluding steroid dienone is 1. The van der Waals surface area contributed by atoms with Crippen LogP contribution in [0.3, 0.4) is 0 Å². The molecular formula is C12H21NO4. The van der Waals surface area contributed by atoms with Crippen LogP contribution in [0.15, 0.2) is 11.6 Å². The summed E-state index contributed by atoms with van der Waals surface area (Å²) < 4.78 is 5.61. The van der Waals surface area contributed by atoms with Crippen LogP contribution >= 0.6 is 0 Å². The van der Waals surface area contributed by atoms with Gasteiger partial charge >= 0.3 is 5.97 Å². The summed E-state index contributed by atoms with van der Waals surface area (Å²) >= 11 is 0. The largest absolute Gasteiger partial charge is 0.550 e. The minimum Gasteiger partial charge on any atom is -0.550 e. The third-order valence-corrected chi connectivity index (χ3v) is 1.84. The number of nitrogens with zero attached hydrogens (tertiary/aromatic N) is 1. The summed E-state index contributed by atoms with van der Waals surface area (Å²) in [6.45, 7) is 3.97. The van der Waals surface area contributed by atoms with Crippen molar-refractivity contribution in [2.45, 2.75) is 26.4 Å². The standard InChI is InChI=1S/C12H21NO4/c1-9(2)6-12(16)17-10(7-11(14)15)8-13(3,4)5/h6,10H,7-8H2,1-5H3/t10-/m0/s1. The van der Waals surface area contributed by atoms with Crippen LogP contribution in [-0.2, 0) is 14.3 Å². The van der Waals surface area contributed by atoms with Crippen LogP contribution in [0.4, 0.5) is 0 Å². The van der Waals surface area contributed by atoms with Gasteiger partial charge in [0.1, 0.15) is 6.54 Å². The van der Waals surface area contributed by atoms with Gasteiger partial charge in [-0.05, 0) is 13.8 Å². The molecular weight excluding hydrogens is 222 g/mol. The summed E-state index contributed by atoms with van der Waals surface area (Å²) in [5.41, 5.74) is 0.812. The SMILES string of the molecule is CC(C)=CC(=O)O[C@@H](CC(=O)[O-])C[N+](C)(C)C. The fraction of sp³-hybridized carbons (Fsp3) is 0.667. The van der Waals surface area contributed by atoms with Crippen molar-refractivity contribution in [3.8, 4) is 0 Å². The molecule has 0 aromatic carbocycles. The van der Waals surface area contributed by atoms with Crippen molar-refractivity contribution < 1.29 is 23.9 Å². The lowest BCUT2D eigenvalue weighted by Gasteiger charge is -2.29. The number of likely N-dealkylation sites (N-methyl/N-ethyl adjacent to an activating group) is 1. The maximum Gasteiger partial charge on any atom is 0.331 e. The molecule has 0 unspecified atom stereocenters. The quantitative estimate of drug-likeness (QED) is 0.365. The van der Waals surface area contributed by atoms with E-state index in [1.165, 1.54) is 6.08 Å². The van der Waals surface area contributed by atoms with E-state index in [-0.39, 0.29) is 6.42 Å². The molecule has 0 heterocycles. The molecule has 0 rings (SSSR count). The Bertz CT molecular complexity index is 311. The van der Waals surface area contributed by atoms with E-state index in [1.807, 2.05) is 21.1 Å². The fourth-order valence-corrected chi connectivity index (χ4v) is 1.37. The van der Waals surface area contributed by atoms with Crippen LogP contribution in [0.5, 0.6) is 0 Å². The second-order valence-electron chi connectivity index (χ2n) is 5.33. The maximum atomic E-state index is 11.4. The van der Waals surface area contributed by atoms with Gasteiger partial charge in [-0.15, -0.1) is 0 Å². The third-order valence-electron chi connectivity index (χ3n) is 1.84. The van der Waals surface area contributed by atoms with Gasteiger partial charge in [0.25, 0.3) is 0 Å². The summed E-state index contributed by atoms with van der Waals surface area (Å²) in [4.78, 5) is 22.0. The van der Waals surface area contributed by atoms with E-state index < -0.39 is 18.0 Å². The molecule has 1 atom stereocenters. The van der Waals surface area contributed by atoms with Gasteiger partial charge in [-0.2, -0.15) is 0 Å². The Morgan fingerprint density at radius 1 is 1.29 bits per heavy atom. The van der Waals surface area contributed by atoms with Crippen LogP contribution in [0, 0.1) is 0 Å². The molecule has 0 fully saturated rings. The summed E-state index contributed by atoms with van der Waals surface area (Å²) in [6, 6.07) is 0. The van der Waals surface area contributed by atoms with Crippen molar-refractivity contribution in [3.05, 3.63) is 11.6 Å². The van der Waals surface area contributed by atoms with Gasteiger partial charge in [0.05, 0.1) is 21.1 Å². The van der Waals surface area contributed by atoms with Gasteiger partial charge in [0.2, 0.25) is 0 Å². The molecule has 0 saturated heterocycles. The zero-order chi connectivity index (χ0) is 13.6. The topological polar surface area (TPSA) is 66.4 Å². The molecule has 0 aromatic heterocycles. The smallest absolute Gasteiger partial charge is 0.331 e. The van der Waals surface area contributed by atoms with Gasteiger partial charge in [0.15, 0.2) is 6.10 Å². The number of rotatable bonds is 6. The number of hydrogen-bond donors (Lipinski definition) is 0. The number of carbonyl (C=O) groups excluding carboxylic acids is 2. The molecule has 0 N–H and O–H groups in total. The summed E-state index contributed by atoms with van der Waals surface area (Å²) in [6.07, 6.45) is 0.401. The lowest BCUT2D eigenvalue weighted by molar-refractivity contribution is -0.873. The van der Waals surface area contributed by atoms with Gasteiger partial charge in [-0.1, -0.05) is 5.57 Å². The van der Waals surface area contributed by atoms with E-state index in [1.54, 1.807) is 13.8 Å². The van der Waals surface area contributed by atoms with E-state index >= 15 is 0 Å². The average Bonchev–Trinajstić information content (AvgIpc) is 1.95. The molecule has 0 bridgehead atoms. The molecule has 5 heteroatoms. The molecule has 0 aliphatic carbocycles. The molecule has 0 aromatic rings. The highest BCUT2D eigenvalue weighted by Crippen LogP contribution is 2.05. The third kappa shape index (κ3) is 9.56.